The second kappa shape index (κ2) is 7.20. The zero-order valence-corrected chi connectivity index (χ0v) is 13.7. The first-order chi connectivity index (χ1) is 10.7. The molecule has 2 aromatic rings. The van der Waals surface area contributed by atoms with E-state index in [-0.39, 0.29) is 5.82 Å². The summed E-state index contributed by atoms with van der Waals surface area (Å²) in [6.07, 6.45) is 5.39. The van der Waals surface area contributed by atoms with E-state index in [2.05, 4.69) is 15.2 Å². The Kier molecular flexibility index (Phi) is 5.05. The van der Waals surface area contributed by atoms with Crippen molar-refractivity contribution < 1.29 is 4.39 Å². The molecule has 1 atom stereocenters. The Bertz CT molecular complexity index is 613. The van der Waals surface area contributed by atoms with Gasteiger partial charge in [-0.2, -0.15) is 0 Å². The second-order valence-electron chi connectivity index (χ2n) is 5.96. The smallest absolute Gasteiger partial charge is 0.182 e. The van der Waals surface area contributed by atoms with Crippen LogP contribution in [-0.4, -0.2) is 30.0 Å². The summed E-state index contributed by atoms with van der Waals surface area (Å²) in [6.45, 7) is 3.20. The van der Waals surface area contributed by atoms with Gasteiger partial charge >= 0.3 is 0 Å². The third-order valence-electron chi connectivity index (χ3n) is 4.16. The lowest BCUT2D eigenvalue weighted by molar-refractivity contribution is 0.168. The number of halogens is 1. The number of nitrogens with zero attached hydrogens (tertiary/aromatic N) is 2. The molecule has 3 rings (SSSR count). The van der Waals surface area contributed by atoms with E-state index in [1.54, 1.807) is 17.4 Å². The molecule has 118 valence electrons. The Hall–Kier alpha value is -1.46. The number of rotatable bonds is 5. The monoisotopic (exact) mass is 319 g/mol. The molecule has 1 unspecified atom stereocenters. The fraction of sp³-hybridized carbons (Fsp3) is 0.471. The quantitative estimate of drug-likeness (QED) is 0.909. The zero-order valence-electron chi connectivity index (χ0n) is 12.9. The first kappa shape index (κ1) is 15.4. The third kappa shape index (κ3) is 4.05. The summed E-state index contributed by atoms with van der Waals surface area (Å²) < 4.78 is 13.3. The Morgan fingerprint density at radius 3 is 3.14 bits per heavy atom. The number of likely N-dealkylation sites (tertiary alicyclic amines) is 1. The van der Waals surface area contributed by atoms with Gasteiger partial charge in [0, 0.05) is 31.2 Å². The molecule has 22 heavy (non-hydrogen) atoms. The largest absolute Gasteiger partial charge is 0.365 e. The Morgan fingerprint density at radius 1 is 1.45 bits per heavy atom. The van der Waals surface area contributed by atoms with Crippen molar-refractivity contribution in [2.75, 3.05) is 25.5 Å². The van der Waals surface area contributed by atoms with Gasteiger partial charge in [-0.25, -0.2) is 9.37 Å². The number of hydrogen-bond acceptors (Lipinski definition) is 4. The molecule has 0 radical (unpaired) electrons. The highest BCUT2D eigenvalue weighted by atomic mass is 32.1. The number of aromatic nitrogens is 1. The van der Waals surface area contributed by atoms with Crippen molar-refractivity contribution in [1.29, 1.82) is 0 Å². The van der Waals surface area contributed by atoms with Crippen molar-refractivity contribution in [3.8, 4) is 0 Å². The van der Waals surface area contributed by atoms with E-state index in [0.29, 0.717) is 5.92 Å². The minimum Gasteiger partial charge on any atom is -0.365 e. The van der Waals surface area contributed by atoms with Gasteiger partial charge in [0.1, 0.15) is 5.82 Å². The maximum absolute atomic E-state index is 13.3. The van der Waals surface area contributed by atoms with Gasteiger partial charge in [0.2, 0.25) is 0 Å². The highest BCUT2D eigenvalue weighted by Gasteiger charge is 2.21. The predicted octanol–water partition coefficient (Wildman–Crippen LogP) is 3.78. The van der Waals surface area contributed by atoms with Crippen molar-refractivity contribution in [1.82, 2.24) is 9.88 Å². The van der Waals surface area contributed by atoms with Crippen LogP contribution in [0.25, 0.3) is 0 Å². The van der Waals surface area contributed by atoms with E-state index in [1.807, 2.05) is 25.4 Å². The lowest BCUT2D eigenvalue weighted by Crippen LogP contribution is -2.35. The standard InChI is InChI=1S/C17H22FN3S/c1-19-17-20-10-16(22-17)12-21-7-3-5-14(11-21)8-13-4-2-6-15(18)9-13/h2,4,6,9-10,14H,3,5,7-8,11-12H2,1H3,(H,19,20). The van der Waals surface area contributed by atoms with Crippen molar-refractivity contribution in [2.45, 2.75) is 25.8 Å². The number of benzene rings is 1. The van der Waals surface area contributed by atoms with Crippen molar-refractivity contribution in [3.05, 3.63) is 46.7 Å². The molecule has 1 aliphatic heterocycles. The van der Waals surface area contributed by atoms with E-state index < -0.39 is 0 Å². The Morgan fingerprint density at radius 2 is 2.36 bits per heavy atom. The first-order valence-corrected chi connectivity index (χ1v) is 8.64. The van der Waals surface area contributed by atoms with Gasteiger partial charge in [-0.05, 0) is 49.4 Å². The summed E-state index contributed by atoms with van der Waals surface area (Å²) >= 11 is 1.72. The average Bonchev–Trinajstić information content (AvgIpc) is 2.95. The normalized spacial score (nSPS) is 19.3. The van der Waals surface area contributed by atoms with Gasteiger partial charge in [0.15, 0.2) is 5.13 Å². The molecule has 0 bridgehead atoms. The van der Waals surface area contributed by atoms with Crippen molar-refractivity contribution >= 4 is 16.5 Å². The molecular weight excluding hydrogens is 297 g/mol. The van der Waals surface area contributed by atoms with Gasteiger partial charge < -0.3 is 5.32 Å². The van der Waals surface area contributed by atoms with Crippen LogP contribution in [0.3, 0.4) is 0 Å². The van der Waals surface area contributed by atoms with Crippen LogP contribution in [0.4, 0.5) is 9.52 Å². The van der Waals surface area contributed by atoms with Crippen LogP contribution >= 0.6 is 11.3 Å². The zero-order chi connectivity index (χ0) is 15.4. The summed E-state index contributed by atoms with van der Waals surface area (Å²) in [5, 5.41) is 4.06. The van der Waals surface area contributed by atoms with Gasteiger partial charge in [-0.1, -0.05) is 12.1 Å². The number of anilines is 1. The molecule has 0 amide bonds. The summed E-state index contributed by atoms with van der Waals surface area (Å²) in [6, 6.07) is 7.02. The minimum atomic E-state index is -0.130. The van der Waals surface area contributed by atoms with Crippen molar-refractivity contribution in [2.24, 2.45) is 5.92 Å². The fourth-order valence-electron chi connectivity index (χ4n) is 3.18. The Balaban J connectivity index is 1.57. The van der Waals surface area contributed by atoms with Gasteiger partial charge in [0.25, 0.3) is 0 Å². The molecule has 1 N–H and O–H groups in total. The fourth-order valence-corrected chi connectivity index (χ4v) is 3.98. The van der Waals surface area contributed by atoms with E-state index >= 15 is 0 Å². The lowest BCUT2D eigenvalue weighted by atomic mass is 9.91. The van der Waals surface area contributed by atoms with Crippen LogP contribution in [0, 0.1) is 11.7 Å². The maximum Gasteiger partial charge on any atom is 0.182 e. The lowest BCUT2D eigenvalue weighted by Gasteiger charge is -2.32. The summed E-state index contributed by atoms with van der Waals surface area (Å²) in [5.74, 6) is 0.488. The van der Waals surface area contributed by atoms with Gasteiger partial charge in [0.05, 0.1) is 0 Å². The molecule has 1 aromatic carbocycles. The molecule has 1 aromatic heterocycles. The van der Waals surface area contributed by atoms with Crippen LogP contribution in [-0.2, 0) is 13.0 Å². The SMILES string of the molecule is CNc1ncc(CN2CCCC(Cc3cccc(F)c3)C2)s1. The average molecular weight is 319 g/mol. The molecule has 2 heterocycles. The van der Waals surface area contributed by atoms with Crippen LogP contribution < -0.4 is 5.32 Å². The molecular formula is C17H22FN3S. The van der Waals surface area contributed by atoms with E-state index in [0.717, 1.165) is 36.8 Å². The van der Waals surface area contributed by atoms with E-state index in [1.165, 1.54) is 23.8 Å². The molecule has 1 aliphatic rings. The molecule has 5 heteroatoms. The number of hydrogen-bond donors (Lipinski definition) is 1. The van der Waals surface area contributed by atoms with Gasteiger partial charge in [-0.15, -0.1) is 11.3 Å². The van der Waals surface area contributed by atoms with Crippen LogP contribution in [0.5, 0.6) is 0 Å². The van der Waals surface area contributed by atoms with E-state index in [4.69, 9.17) is 0 Å². The Labute approximate surface area is 135 Å². The number of piperidine rings is 1. The van der Waals surface area contributed by atoms with Gasteiger partial charge in [-0.3, -0.25) is 4.90 Å². The van der Waals surface area contributed by atoms with Crippen LogP contribution in [0.1, 0.15) is 23.3 Å². The highest BCUT2D eigenvalue weighted by Crippen LogP contribution is 2.25. The molecule has 0 saturated carbocycles. The molecule has 1 saturated heterocycles. The summed E-state index contributed by atoms with van der Waals surface area (Å²) in [7, 11) is 1.90. The number of nitrogens with one attached hydrogen (secondary N) is 1. The van der Waals surface area contributed by atoms with Crippen LogP contribution in [0.15, 0.2) is 30.5 Å². The van der Waals surface area contributed by atoms with Crippen LogP contribution in [0.2, 0.25) is 0 Å². The first-order valence-electron chi connectivity index (χ1n) is 7.82. The predicted molar refractivity (Wildman–Crippen MR) is 89.8 cm³/mol. The molecule has 3 nitrogen and oxygen atoms in total. The second-order valence-corrected chi connectivity index (χ2v) is 7.07. The third-order valence-corrected chi connectivity index (χ3v) is 5.16. The summed E-state index contributed by atoms with van der Waals surface area (Å²) in [5.41, 5.74) is 1.11. The molecule has 0 spiro atoms. The number of thiazole rings is 1. The van der Waals surface area contributed by atoms with Crippen molar-refractivity contribution in [3.63, 3.8) is 0 Å². The van der Waals surface area contributed by atoms with E-state index in [9.17, 15) is 4.39 Å². The molecule has 0 aliphatic carbocycles. The maximum atomic E-state index is 13.3. The summed E-state index contributed by atoms with van der Waals surface area (Å²) in [4.78, 5) is 8.14. The topological polar surface area (TPSA) is 28.2 Å². The highest BCUT2D eigenvalue weighted by molar-refractivity contribution is 7.15. The minimum absolute atomic E-state index is 0.130. The molecule has 1 fully saturated rings.